The van der Waals surface area contributed by atoms with Crippen LogP contribution in [0.1, 0.15) is 25.8 Å². The topological polar surface area (TPSA) is 55.8 Å². The Morgan fingerprint density at radius 1 is 1.36 bits per heavy atom. The number of alkyl halides is 1. The molecule has 0 bridgehead atoms. The van der Waals surface area contributed by atoms with Crippen LogP contribution in [0.2, 0.25) is 0 Å². The molecule has 0 spiro atoms. The van der Waals surface area contributed by atoms with Crippen LogP contribution in [-0.2, 0) is 21.0 Å². The van der Waals surface area contributed by atoms with E-state index in [-0.39, 0.29) is 12.5 Å². The summed E-state index contributed by atoms with van der Waals surface area (Å²) in [7, 11) is 0. The third-order valence-electron chi connectivity index (χ3n) is 3.33. The van der Waals surface area contributed by atoms with E-state index >= 15 is 0 Å². The second-order valence-corrected chi connectivity index (χ2v) is 5.98. The number of nitrogens with zero attached hydrogens (tertiary/aromatic N) is 1. The zero-order valence-corrected chi connectivity index (χ0v) is 15.1. The highest BCUT2D eigenvalue weighted by Crippen LogP contribution is 2.16. The minimum Gasteiger partial charge on any atom is -0.443 e. The Bertz CT molecular complexity index is 455. The number of hydroxylamine groups is 2. The van der Waals surface area contributed by atoms with E-state index in [1.807, 2.05) is 44.2 Å². The average Bonchev–Trinajstić information content (AvgIpc) is 2.56. The third-order valence-corrected chi connectivity index (χ3v) is 3.77. The van der Waals surface area contributed by atoms with Crippen LogP contribution in [0, 0.1) is 5.92 Å². The minimum atomic E-state index is -0.642. The van der Waals surface area contributed by atoms with Gasteiger partial charge >= 0.3 is 6.09 Å². The van der Waals surface area contributed by atoms with Crippen molar-refractivity contribution in [3.63, 3.8) is 0 Å². The zero-order valence-electron chi connectivity index (χ0n) is 12.9. The number of hydrogen-bond acceptors (Lipinski definition) is 4. The molecular weight excluding hydrogens is 397 g/mol. The van der Waals surface area contributed by atoms with Gasteiger partial charge in [-0.15, -0.1) is 0 Å². The van der Waals surface area contributed by atoms with Gasteiger partial charge in [-0.2, -0.15) is 5.06 Å². The van der Waals surface area contributed by atoms with Crippen LogP contribution in [-0.4, -0.2) is 34.5 Å². The molecule has 0 aromatic heterocycles. The summed E-state index contributed by atoms with van der Waals surface area (Å²) in [6.07, 6.45) is 0.871. The number of carbonyl (C=O) groups excluding carboxylic acids is 2. The second-order valence-electron chi connectivity index (χ2n) is 4.90. The van der Waals surface area contributed by atoms with Crippen molar-refractivity contribution >= 4 is 35.0 Å². The van der Waals surface area contributed by atoms with Crippen LogP contribution in [0.15, 0.2) is 30.3 Å². The normalized spacial score (nSPS) is 13.2. The van der Waals surface area contributed by atoms with Crippen LogP contribution in [0.25, 0.3) is 0 Å². The monoisotopic (exact) mass is 419 g/mol. The predicted octanol–water partition coefficient (Wildman–Crippen LogP) is 3.61. The fraction of sp³-hybridized carbons (Fsp3) is 0.500. The van der Waals surface area contributed by atoms with Gasteiger partial charge < -0.3 is 9.53 Å². The molecule has 0 heterocycles. The molecule has 0 saturated carbocycles. The van der Waals surface area contributed by atoms with E-state index in [4.69, 9.17) is 9.57 Å². The van der Waals surface area contributed by atoms with Crippen molar-refractivity contribution in [3.05, 3.63) is 35.9 Å². The number of carbonyl (C=O) groups is 2. The molecule has 0 aliphatic rings. The molecule has 22 heavy (non-hydrogen) atoms. The molecule has 6 heteroatoms. The Labute approximate surface area is 145 Å². The number of ether oxygens (including phenoxy) is 1. The lowest BCUT2D eigenvalue weighted by Crippen LogP contribution is -2.45. The first kappa shape index (κ1) is 18.9. The number of aldehydes is 1. The van der Waals surface area contributed by atoms with Crippen LogP contribution < -0.4 is 0 Å². The molecule has 0 unspecified atom stereocenters. The smallest absolute Gasteiger partial charge is 0.434 e. The largest absolute Gasteiger partial charge is 0.443 e. The lowest BCUT2D eigenvalue weighted by Gasteiger charge is -2.29. The quantitative estimate of drug-likeness (QED) is 0.266. The summed E-state index contributed by atoms with van der Waals surface area (Å²) in [6, 6.07) is 8.75. The van der Waals surface area contributed by atoms with Crippen molar-refractivity contribution in [1.82, 2.24) is 5.06 Å². The maximum atomic E-state index is 12.3. The zero-order chi connectivity index (χ0) is 16.4. The Kier molecular flexibility index (Phi) is 9.07. The van der Waals surface area contributed by atoms with Gasteiger partial charge in [0.25, 0.3) is 0 Å². The number of benzene rings is 1. The van der Waals surface area contributed by atoms with Crippen molar-refractivity contribution < 1.29 is 19.2 Å². The summed E-state index contributed by atoms with van der Waals surface area (Å²) in [5, 5.41) is 1.07. The maximum absolute atomic E-state index is 12.3. The highest BCUT2D eigenvalue weighted by Gasteiger charge is 2.30. The summed E-state index contributed by atoms with van der Waals surface area (Å²) >= 11 is 2.14. The standard InChI is InChI=1S/C16H22INO4/c1-3-13(2)15(11-19)18(22-10-9-17)16(20)21-12-14-7-5-4-6-8-14/h4-8,11,13,15H,3,9-10,12H2,1-2H3/t13-,15+/m0/s1. The lowest BCUT2D eigenvalue weighted by molar-refractivity contribution is -0.169. The molecule has 122 valence electrons. The molecule has 0 saturated heterocycles. The average molecular weight is 419 g/mol. The van der Waals surface area contributed by atoms with E-state index in [0.29, 0.717) is 11.0 Å². The summed E-state index contributed by atoms with van der Waals surface area (Å²) in [5.74, 6) is -0.00372. The number of hydrogen-bond donors (Lipinski definition) is 0. The molecule has 1 aromatic carbocycles. The van der Waals surface area contributed by atoms with E-state index in [2.05, 4.69) is 22.6 Å². The van der Waals surface area contributed by atoms with E-state index in [0.717, 1.165) is 23.3 Å². The van der Waals surface area contributed by atoms with Gasteiger partial charge in [-0.25, -0.2) is 4.79 Å². The van der Waals surface area contributed by atoms with Gasteiger partial charge in [0, 0.05) is 4.43 Å². The Morgan fingerprint density at radius 3 is 2.59 bits per heavy atom. The van der Waals surface area contributed by atoms with Crippen molar-refractivity contribution in [2.24, 2.45) is 5.92 Å². The maximum Gasteiger partial charge on any atom is 0.434 e. The van der Waals surface area contributed by atoms with Crippen LogP contribution >= 0.6 is 22.6 Å². The fourth-order valence-corrected chi connectivity index (χ4v) is 2.04. The Hall–Kier alpha value is -1.15. The van der Waals surface area contributed by atoms with Gasteiger partial charge in [0.2, 0.25) is 0 Å². The molecule has 1 aromatic rings. The highest BCUT2D eigenvalue weighted by atomic mass is 127. The van der Waals surface area contributed by atoms with Crippen molar-refractivity contribution in [2.75, 3.05) is 11.0 Å². The van der Waals surface area contributed by atoms with Gasteiger partial charge in [0.15, 0.2) is 0 Å². The van der Waals surface area contributed by atoms with E-state index in [1.54, 1.807) is 0 Å². The molecule has 1 rings (SSSR count). The summed E-state index contributed by atoms with van der Waals surface area (Å²) in [4.78, 5) is 29.1. The lowest BCUT2D eigenvalue weighted by atomic mass is 10.0. The van der Waals surface area contributed by atoms with E-state index in [1.165, 1.54) is 0 Å². The SMILES string of the molecule is CC[C@H](C)[C@@H](C=O)N(OCCI)C(=O)OCc1ccccc1. The first-order valence-corrected chi connectivity index (χ1v) is 8.80. The molecule has 0 radical (unpaired) electrons. The third kappa shape index (κ3) is 5.92. The van der Waals surface area contributed by atoms with Gasteiger partial charge in [-0.3, -0.25) is 4.84 Å². The molecule has 0 aliphatic carbocycles. The van der Waals surface area contributed by atoms with Crippen molar-refractivity contribution in [1.29, 1.82) is 0 Å². The number of halogens is 1. The second kappa shape index (κ2) is 10.6. The molecule has 1 amide bonds. The van der Waals surface area contributed by atoms with Gasteiger partial charge in [-0.05, 0) is 11.5 Å². The van der Waals surface area contributed by atoms with Gasteiger partial charge in [0.05, 0.1) is 6.61 Å². The number of amides is 1. The van der Waals surface area contributed by atoms with Crippen LogP contribution in [0.4, 0.5) is 4.79 Å². The van der Waals surface area contributed by atoms with Crippen LogP contribution in [0.3, 0.4) is 0 Å². The first-order valence-electron chi connectivity index (χ1n) is 7.28. The van der Waals surface area contributed by atoms with Crippen LogP contribution in [0.5, 0.6) is 0 Å². The first-order chi connectivity index (χ1) is 10.6. The van der Waals surface area contributed by atoms with Crippen molar-refractivity contribution in [2.45, 2.75) is 32.9 Å². The molecule has 2 atom stereocenters. The summed E-state index contributed by atoms with van der Waals surface area (Å²) in [5.41, 5.74) is 0.885. The molecular formula is C16H22INO4. The van der Waals surface area contributed by atoms with E-state index in [9.17, 15) is 9.59 Å². The Morgan fingerprint density at radius 2 is 2.05 bits per heavy atom. The number of rotatable bonds is 9. The molecule has 0 aliphatic heterocycles. The molecule has 0 N–H and O–H groups in total. The Balaban J connectivity index is 2.72. The van der Waals surface area contributed by atoms with Gasteiger partial charge in [0.1, 0.15) is 18.9 Å². The molecule has 5 nitrogen and oxygen atoms in total. The summed E-state index contributed by atoms with van der Waals surface area (Å²) < 4.78 is 5.98. The highest BCUT2D eigenvalue weighted by molar-refractivity contribution is 14.1. The summed E-state index contributed by atoms with van der Waals surface area (Å²) in [6.45, 7) is 4.37. The van der Waals surface area contributed by atoms with Crippen molar-refractivity contribution in [3.8, 4) is 0 Å². The fourth-order valence-electron chi connectivity index (χ4n) is 1.84. The minimum absolute atomic E-state index is 0.00372. The predicted molar refractivity (Wildman–Crippen MR) is 92.6 cm³/mol. The van der Waals surface area contributed by atoms with E-state index < -0.39 is 12.1 Å². The molecule has 0 fully saturated rings. The van der Waals surface area contributed by atoms with Gasteiger partial charge in [-0.1, -0.05) is 73.2 Å².